The molecule has 4 aromatic rings. The molecule has 1 aliphatic rings. The molecule has 6 heteroatoms. The van der Waals surface area contributed by atoms with Gasteiger partial charge in [0.15, 0.2) is 5.69 Å². The second kappa shape index (κ2) is 4.92. The highest BCUT2D eigenvalue weighted by Crippen LogP contribution is 2.40. The van der Waals surface area contributed by atoms with Gasteiger partial charge >= 0.3 is 0 Å². The SMILES string of the molecule is O=C(Nc1ccc2cn[nH]c2c1)c1nc(C2CC2)n2ccccc12. The molecular weight excluding hydrogens is 302 g/mol. The molecule has 3 heterocycles. The number of amides is 1. The van der Waals surface area contributed by atoms with Crippen molar-refractivity contribution in [1.29, 1.82) is 0 Å². The van der Waals surface area contributed by atoms with E-state index < -0.39 is 0 Å². The molecule has 0 aliphatic heterocycles. The van der Waals surface area contributed by atoms with Crippen LogP contribution in [0.1, 0.15) is 35.1 Å². The molecular formula is C18H15N5O. The molecule has 2 N–H and O–H groups in total. The maximum atomic E-state index is 12.7. The summed E-state index contributed by atoms with van der Waals surface area (Å²) in [5, 5.41) is 10.9. The largest absolute Gasteiger partial charge is 0.321 e. The summed E-state index contributed by atoms with van der Waals surface area (Å²) < 4.78 is 2.03. The summed E-state index contributed by atoms with van der Waals surface area (Å²) >= 11 is 0. The van der Waals surface area contributed by atoms with Gasteiger partial charge < -0.3 is 9.72 Å². The van der Waals surface area contributed by atoms with Gasteiger partial charge in [-0.3, -0.25) is 9.89 Å². The van der Waals surface area contributed by atoms with E-state index in [1.807, 2.05) is 47.0 Å². The second-order valence-corrected chi connectivity index (χ2v) is 6.17. The van der Waals surface area contributed by atoms with Crippen molar-refractivity contribution in [1.82, 2.24) is 19.6 Å². The van der Waals surface area contributed by atoms with Gasteiger partial charge in [0.05, 0.1) is 17.2 Å². The number of nitrogens with zero attached hydrogens (tertiary/aromatic N) is 3. The van der Waals surface area contributed by atoms with E-state index in [2.05, 4.69) is 20.5 Å². The Balaban J connectivity index is 1.53. The predicted octanol–water partition coefficient (Wildman–Crippen LogP) is 3.34. The van der Waals surface area contributed by atoms with Crippen LogP contribution < -0.4 is 5.32 Å². The van der Waals surface area contributed by atoms with Gasteiger partial charge in [-0.2, -0.15) is 5.10 Å². The number of aromatic amines is 1. The van der Waals surface area contributed by atoms with Gasteiger partial charge in [0.1, 0.15) is 5.82 Å². The molecule has 0 unspecified atom stereocenters. The Hall–Kier alpha value is -3.15. The average Bonchev–Trinajstić information content (AvgIpc) is 3.20. The van der Waals surface area contributed by atoms with Gasteiger partial charge in [-0.1, -0.05) is 6.07 Å². The Kier molecular flexibility index (Phi) is 2.73. The maximum absolute atomic E-state index is 12.7. The van der Waals surface area contributed by atoms with Crippen LogP contribution in [0.4, 0.5) is 5.69 Å². The van der Waals surface area contributed by atoms with Crippen molar-refractivity contribution in [3.8, 4) is 0 Å². The van der Waals surface area contributed by atoms with Crippen LogP contribution in [-0.4, -0.2) is 25.5 Å². The minimum atomic E-state index is -0.190. The van der Waals surface area contributed by atoms with Crippen molar-refractivity contribution in [2.75, 3.05) is 5.32 Å². The highest BCUT2D eigenvalue weighted by molar-refractivity contribution is 6.08. The summed E-state index contributed by atoms with van der Waals surface area (Å²) in [4.78, 5) is 17.4. The third-order valence-corrected chi connectivity index (χ3v) is 4.43. The quantitative estimate of drug-likeness (QED) is 0.608. The molecule has 0 bridgehead atoms. The van der Waals surface area contributed by atoms with E-state index in [1.54, 1.807) is 6.20 Å². The summed E-state index contributed by atoms with van der Waals surface area (Å²) in [5.41, 5.74) is 2.93. The number of rotatable bonds is 3. The van der Waals surface area contributed by atoms with Gasteiger partial charge in [-0.05, 0) is 43.2 Å². The van der Waals surface area contributed by atoms with E-state index in [0.717, 1.165) is 40.8 Å². The molecule has 3 aromatic heterocycles. The standard InChI is InChI=1S/C18H15N5O/c24-18(20-13-7-6-12-10-19-22-14(12)9-13)16-15-3-1-2-8-23(15)17(21-16)11-4-5-11/h1-3,6-11H,4-5H2,(H,19,22)(H,20,24). The fraction of sp³-hybridized carbons (Fsp3) is 0.167. The molecule has 5 rings (SSSR count). The van der Waals surface area contributed by atoms with Gasteiger partial charge in [0.25, 0.3) is 5.91 Å². The van der Waals surface area contributed by atoms with E-state index in [-0.39, 0.29) is 5.91 Å². The minimum Gasteiger partial charge on any atom is -0.321 e. The van der Waals surface area contributed by atoms with Crippen LogP contribution in [0.25, 0.3) is 16.4 Å². The zero-order valence-electron chi connectivity index (χ0n) is 12.9. The lowest BCUT2D eigenvalue weighted by molar-refractivity contribution is 0.102. The molecule has 1 fully saturated rings. The molecule has 1 aliphatic carbocycles. The van der Waals surface area contributed by atoms with Gasteiger partial charge in [0.2, 0.25) is 0 Å². The number of carbonyl (C=O) groups is 1. The Morgan fingerprint density at radius 1 is 1.25 bits per heavy atom. The highest BCUT2D eigenvalue weighted by atomic mass is 16.1. The molecule has 0 saturated heterocycles. The van der Waals surface area contributed by atoms with E-state index in [1.165, 1.54) is 0 Å². The number of fused-ring (bicyclic) bond motifs is 2. The first kappa shape index (κ1) is 13.3. The van der Waals surface area contributed by atoms with Crippen LogP contribution in [0.5, 0.6) is 0 Å². The molecule has 118 valence electrons. The van der Waals surface area contributed by atoms with Crippen molar-refractivity contribution < 1.29 is 4.79 Å². The Bertz CT molecular complexity index is 1070. The van der Waals surface area contributed by atoms with Crippen LogP contribution in [0.2, 0.25) is 0 Å². The van der Waals surface area contributed by atoms with Crippen molar-refractivity contribution in [3.05, 3.63) is 60.3 Å². The Labute approximate surface area is 137 Å². The van der Waals surface area contributed by atoms with Crippen LogP contribution in [0, 0.1) is 0 Å². The van der Waals surface area contributed by atoms with Crippen molar-refractivity contribution in [2.45, 2.75) is 18.8 Å². The lowest BCUT2D eigenvalue weighted by Gasteiger charge is -2.03. The van der Waals surface area contributed by atoms with E-state index in [9.17, 15) is 4.79 Å². The number of nitrogens with one attached hydrogen (secondary N) is 2. The third-order valence-electron chi connectivity index (χ3n) is 4.43. The van der Waals surface area contributed by atoms with Gasteiger partial charge in [0, 0.05) is 23.2 Å². The van der Waals surface area contributed by atoms with E-state index in [4.69, 9.17) is 0 Å². The topological polar surface area (TPSA) is 75.1 Å². The third kappa shape index (κ3) is 2.07. The Morgan fingerprint density at radius 2 is 2.17 bits per heavy atom. The molecule has 1 amide bonds. The summed E-state index contributed by atoms with van der Waals surface area (Å²) in [7, 11) is 0. The number of pyridine rings is 1. The fourth-order valence-electron chi connectivity index (χ4n) is 3.06. The number of carbonyl (C=O) groups excluding carboxylic acids is 1. The smallest absolute Gasteiger partial charge is 0.276 e. The summed E-state index contributed by atoms with van der Waals surface area (Å²) in [6, 6.07) is 11.5. The molecule has 0 atom stereocenters. The minimum absolute atomic E-state index is 0.190. The first-order valence-electron chi connectivity index (χ1n) is 8.01. The zero-order valence-corrected chi connectivity index (χ0v) is 12.9. The van der Waals surface area contributed by atoms with Crippen molar-refractivity contribution in [2.24, 2.45) is 0 Å². The highest BCUT2D eigenvalue weighted by Gasteiger charge is 2.30. The van der Waals surface area contributed by atoms with Crippen LogP contribution in [0.3, 0.4) is 0 Å². The molecule has 6 nitrogen and oxygen atoms in total. The summed E-state index contributed by atoms with van der Waals surface area (Å²) in [5.74, 6) is 1.27. The number of anilines is 1. The molecule has 0 spiro atoms. The summed E-state index contributed by atoms with van der Waals surface area (Å²) in [6.45, 7) is 0. The number of H-pyrrole nitrogens is 1. The van der Waals surface area contributed by atoms with Crippen LogP contribution in [-0.2, 0) is 0 Å². The predicted molar refractivity (Wildman–Crippen MR) is 91.2 cm³/mol. The normalized spacial score (nSPS) is 14.3. The van der Waals surface area contributed by atoms with E-state index >= 15 is 0 Å². The number of aromatic nitrogens is 4. The lowest BCUT2D eigenvalue weighted by atomic mass is 10.2. The van der Waals surface area contributed by atoms with Crippen LogP contribution in [0.15, 0.2) is 48.8 Å². The lowest BCUT2D eigenvalue weighted by Crippen LogP contribution is -2.12. The van der Waals surface area contributed by atoms with E-state index in [0.29, 0.717) is 11.6 Å². The Morgan fingerprint density at radius 3 is 3.04 bits per heavy atom. The molecule has 24 heavy (non-hydrogen) atoms. The monoisotopic (exact) mass is 317 g/mol. The number of hydrogen-bond donors (Lipinski definition) is 2. The summed E-state index contributed by atoms with van der Waals surface area (Å²) in [6.07, 6.45) is 6.02. The number of benzene rings is 1. The van der Waals surface area contributed by atoms with Crippen molar-refractivity contribution >= 4 is 28.0 Å². The number of hydrogen-bond acceptors (Lipinski definition) is 3. The first-order valence-corrected chi connectivity index (χ1v) is 8.01. The van der Waals surface area contributed by atoms with Gasteiger partial charge in [-0.15, -0.1) is 0 Å². The first-order chi connectivity index (χ1) is 11.8. The molecule has 1 aromatic carbocycles. The average molecular weight is 317 g/mol. The molecule has 0 radical (unpaired) electrons. The zero-order chi connectivity index (χ0) is 16.1. The van der Waals surface area contributed by atoms with Crippen LogP contribution >= 0.6 is 0 Å². The second-order valence-electron chi connectivity index (χ2n) is 6.17. The van der Waals surface area contributed by atoms with Gasteiger partial charge in [-0.25, -0.2) is 4.98 Å². The van der Waals surface area contributed by atoms with Crippen molar-refractivity contribution in [3.63, 3.8) is 0 Å². The molecule has 1 saturated carbocycles. The number of imidazole rings is 1. The fourth-order valence-corrected chi connectivity index (χ4v) is 3.06. The maximum Gasteiger partial charge on any atom is 0.276 e.